The van der Waals surface area contributed by atoms with Gasteiger partial charge in [0.25, 0.3) is 0 Å². The van der Waals surface area contributed by atoms with Gasteiger partial charge in [-0.1, -0.05) is 12.1 Å². The molecule has 0 aromatic heterocycles. The van der Waals surface area contributed by atoms with Gasteiger partial charge >= 0.3 is 11.9 Å². The second-order valence-corrected chi connectivity index (χ2v) is 5.53. The molecule has 0 unspecified atom stereocenters. The zero-order valence-corrected chi connectivity index (χ0v) is 14.5. The largest absolute Gasteiger partial charge is 0.508 e. The number of phenolic OH excluding ortho intramolecular Hbond substituents is 2. The number of carbonyl (C=O) groups excluding carboxylic acids is 2. The Morgan fingerprint density at radius 1 is 1.00 bits per heavy atom. The molecule has 0 radical (unpaired) electrons. The fourth-order valence-corrected chi connectivity index (χ4v) is 2.36. The summed E-state index contributed by atoms with van der Waals surface area (Å²) in [6.07, 6.45) is 1.74. The van der Waals surface area contributed by atoms with Gasteiger partial charge in [-0.05, 0) is 25.0 Å². The second-order valence-electron chi connectivity index (χ2n) is 5.53. The number of carbonyl (C=O) groups is 2. The first-order chi connectivity index (χ1) is 12.4. The summed E-state index contributed by atoms with van der Waals surface area (Å²) in [5.74, 6) is 0.371. The summed E-state index contributed by atoms with van der Waals surface area (Å²) < 4.78 is 14.9. The van der Waals surface area contributed by atoms with Gasteiger partial charge in [0.2, 0.25) is 0 Å². The predicted octanol–water partition coefficient (Wildman–Crippen LogP) is 2.96. The molecule has 7 nitrogen and oxygen atoms in total. The van der Waals surface area contributed by atoms with Gasteiger partial charge in [-0.15, -0.1) is 0 Å². The van der Waals surface area contributed by atoms with Crippen molar-refractivity contribution in [2.45, 2.75) is 26.7 Å². The molecule has 7 heteroatoms. The van der Waals surface area contributed by atoms with E-state index in [1.807, 2.05) is 0 Å². The number of phenols is 2. The summed E-state index contributed by atoms with van der Waals surface area (Å²) >= 11 is 0. The molecule has 2 aromatic carbocycles. The lowest BCUT2D eigenvalue weighted by atomic mass is 10.1. The van der Waals surface area contributed by atoms with Gasteiger partial charge in [-0.25, -0.2) is 0 Å². The minimum Gasteiger partial charge on any atom is -0.508 e. The number of para-hydroxylation sites is 2. The number of hydrogen-bond acceptors (Lipinski definition) is 7. The Kier molecular flexibility index (Phi) is 6.43. The fraction of sp³-hybridized carbons (Fsp3) is 0.263. The lowest BCUT2D eigenvalue weighted by Gasteiger charge is -2.17. The average Bonchev–Trinajstić information content (AvgIpc) is 2.56. The van der Waals surface area contributed by atoms with Crippen LogP contribution in [0.2, 0.25) is 0 Å². The van der Waals surface area contributed by atoms with Gasteiger partial charge < -0.3 is 24.4 Å². The summed E-state index contributed by atoms with van der Waals surface area (Å²) in [5.41, 5.74) is 0.805. The highest BCUT2D eigenvalue weighted by Crippen LogP contribution is 2.35. The van der Waals surface area contributed by atoms with Gasteiger partial charge in [0.15, 0.2) is 11.5 Å². The third-order valence-electron chi connectivity index (χ3n) is 3.36. The lowest BCUT2D eigenvalue weighted by molar-refractivity contribution is -0.134. The van der Waals surface area contributed by atoms with Crippen molar-refractivity contribution in [3.63, 3.8) is 0 Å². The molecule has 0 amide bonds. The van der Waals surface area contributed by atoms with Crippen LogP contribution in [0.1, 0.15) is 25.8 Å². The van der Waals surface area contributed by atoms with Crippen molar-refractivity contribution in [2.75, 3.05) is 6.61 Å². The van der Waals surface area contributed by atoms with Crippen LogP contribution in [0, 0.1) is 0 Å². The Bertz CT molecular complexity index is 763. The van der Waals surface area contributed by atoms with E-state index in [-0.39, 0.29) is 23.0 Å². The molecule has 0 fully saturated rings. The van der Waals surface area contributed by atoms with Gasteiger partial charge in [0.1, 0.15) is 17.2 Å². The molecule has 1 heterocycles. The van der Waals surface area contributed by atoms with Crippen molar-refractivity contribution in [2.24, 2.45) is 0 Å². The van der Waals surface area contributed by atoms with Crippen molar-refractivity contribution < 1.29 is 34.0 Å². The Balaban J connectivity index is 0.000000189. The maximum absolute atomic E-state index is 10.7. The minimum absolute atomic E-state index is 0.0492. The molecule has 3 rings (SSSR count). The first-order valence-electron chi connectivity index (χ1n) is 8.00. The topological polar surface area (TPSA) is 102 Å². The highest BCUT2D eigenvalue weighted by Gasteiger charge is 2.15. The van der Waals surface area contributed by atoms with E-state index in [1.54, 1.807) is 24.3 Å². The number of hydrogen-bond donors (Lipinski definition) is 2. The van der Waals surface area contributed by atoms with Crippen molar-refractivity contribution in [3.8, 4) is 28.7 Å². The average molecular weight is 360 g/mol. The molecule has 0 atom stereocenters. The number of fused-ring (bicyclic) bond motifs is 1. The van der Waals surface area contributed by atoms with E-state index in [4.69, 9.17) is 19.3 Å². The van der Waals surface area contributed by atoms with Crippen LogP contribution in [-0.4, -0.2) is 28.8 Å². The third kappa shape index (κ3) is 5.41. The molecule has 1 aliphatic heterocycles. The third-order valence-corrected chi connectivity index (χ3v) is 3.36. The normalized spacial score (nSPS) is 11.9. The molecule has 0 bridgehead atoms. The Hall–Kier alpha value is -3.22. The van der Waals surface area contributed by atoms with Crippen LogP contribution in [0.5, 0.6) is 28.7 Å². The maximum atomic E-state index is 10.7. The molecule has 0 saturated carbocycles. The standard InChI is InChI=1S/C10H10O4.C9H10O3/c1-7(11)13-9-5-3-4-6-10(9)14-8(2)12;10-6-4-8(11)7-2-1-3-12-9(7)5-6/h3-6H,1-2H3;4-5,10-11H,1-3H2. The molecule has 2 aromatic rings. The molecule has 26 heavy (non-hydrogen) atoms. The van der Waals surface area contributed by atoms with Crippen LogP contribution in [-0.2, 0) is 16.0 Å². The quantitative estimate of drug-likeness (QED) is 0.627. The number of benzene rings is 2. The molecule has 1 aliphatic rings. The first kappa shape index (κ1) is 19.1. The Labute approximate surface area is 150 Å². The lowest BCUT2D eigenvalue weighted by Crippen LogP contribution is -2.07. The SMILES string of the molecule is CC(=O)Oc1ccccc1OC(C)=O.Oc1cc(O)c2c(c1)OCCC2. The molecular formula is C19H20O7. The van der Waals surface area contributed by atoms with E-state index >= 15 is 0 Å². The summed E-state index contributed by atoms with van der Waals surface area (Å²) in [5, 5.41) is 18.5. The minimum atomic E-state index is -0.454. The molecule has 2 N–H and O–H groups in total. The second kappa shape index (κ2) is 8.75. The van der Waals surface area contributed by atoms with Gasteiger partial charge in [-0.3, -0.25) is 9.59 Å². The fourth-order valence-electron chi connectivity index (χ4n) is 2.36. The smallest absolute Gasteiger partial charge is 0.308 e. The van der Waals surface area contributed by atoms with E-state index in [0.29, 0.717) is 12.4 Å². The van der Waals surface area contributed by atoms with E-state index in [0.717, 1.165) is 18.4 Å². The first-order valence-corrected chi connectivity index (χ1v) is 8.00. The molecule has 0 aliphatic carbocycles. The molecule has 0 spiro atoms. The van der Waals surface area contributed by atoms with Gasteiger partial charge in [0.05, 0.1) is 6.61 Å². The number of rotatable bonds is 2. The van der Waals surface area contributed by atoms with Crippen LogP contribution in [0.3, 0.4) is 0 Å². The zero-order valence-electron chi connectivity index (χ0n) is 14.5. The highest BCUT2D eigenvalue weighted by molar-refractivity contribution is 5.73. The number of ether oxygens (including phenoxy) is 3. The van der Waals surface area contributed by atoms with E-state index in [1.165, 1.54) is 26.0 Å². The molecule has 138 valence electrons. The highest BCUT2D eigenvalue weighted by atomic mass is 16.6. The van der Waals surface area contributed by atoms with Crippen LogP contribution in [0.25, 0.3) is 0 Å². The van der Waals surface area contributed by atoms with Crippen molar-refractivity contribution in [1.29, 1.82) is 0 Å². The Morgan fingerprint density at radius 3 is 2.12 bits per heavy atom. The van der Waals surface area contributed by atoms with E-state index in [9.17, 15) is 14.7 Å². The van der Waals surface area contributed by atoms with Crippen LogP contribution in [0.15, 0.2) is 36.4 Å². The number of aromatic hydroxyl groups is 2. The van der Waals surface area contributed by atoms with Crippen LogP contribution < -0.4 is 14.2 Å². The van der Waals surface area contributed by atoms with Crippen molar-refractivity contribution in [1.82, 2.24) is 0 Å². The van der Waals surface area contributed by atoms with E-state index in [2.05, 4.69) is 0 Å². The van der Waals surface area contributed by atoms with Gasteiger partial charge in [0, 0.05) is 31.5 Å². The molecular weight excluding hydrogens is 340 g/mol. The van der Waals surface area contributed by atoms with Crippen LogP contribution >= 0.6 is 0 Å². The molecule has 0 saturated heterocycles. The summed E-state index contributed by atoms with van der Waals surface area (Å²) in [7, 11) is 0. The van der Waals surface area contributed by atoms with Crippen molar-refractivity contribution >= 4 is 11.9 Å². The van der Waals surface area contributed by atoms with Gasteiger partial charge in [-0.2, -0.15) is 0 Å². The zero-order chi connectivity index (χ0) is 19.1. The maximum Gasteiger partial charge on any atom is 0.308 e. The van der Waals surface area contributed by atoms with Crippen molar-refractivity contribution in [3.05, 3.63) is 42.0 Å². The Morgan fingerprint density at radius 2 is 1.58 bits per heavy atom. The van der Waals surface area contributed by atoms with Crippen LogP contribution in [0.4, 0.5) is 0 Å². The predicted molar refractivity (Wildman–Crippen MR) is 92.6 cm³/mol. The summed E-state index contributed by atoms with van der Waals surface area (Å²) in [6.45, 7) is 3.23. The van der Waals surface area contributed by atoms with E-state index < -0.39 is 11.9 Å². The summed E-state index contributed by atoms with van der Waals surface area (Å²) in [4.78, 5) is 21.4. The summed E-state index contributed by atoms with van der Waals surface area (Å²) in [6, 6.07) is 9.36. The monoisotopic (exact) mass is 360 g/mol. The number of esters is 2.